The van der Waals surface area contributed by atoms with Crippen molar-refractivity contribution in [3.63, 3.8) is 0 Å². The smallest absolute Gasteiger partial charge is 0.326 e. The van der Waals surface area contributed by atoms with E-state index in [1.54, 1.807) is 0 Å². The summed E-state index contributed by atoms with van der Waals surface area (Å²) in [7, 11) is 0. The van der Waals surface area contributed by atoms with Gasteiger partial charge in [0, 0.05) is 18.3 Å². The molecule has 0 aliphatic carbocycles. The highest BCUT2D eigenvalue weighted by Gasteiger charge is 2.03. The first-order valence-electron chi connectivity index (χ1n) is 5.68. The second-order valence-corrected chi connectivity index (χ2v) is 4.23. The molecule has 18 heavy (non-hydrogen) atoms. The van der Waals surface area contributed by atoms with Crippen molar-refractivity contribution in [2.75, 3.05) is 0 Å². The fourth-order valence-corrected chi connectivity index (χ4v) is 1.71. The number of hydrogen-bond acceptors (Lipinski definition) is 3. The maximum Gasteiger partial charge on any atom is 0.328 e. The molecule has 0 saturated carbocycles. The highest BCUT2D eigenvalue weighted by molar-refractivity contribution is 5.21. The molecule has 1 aromatic carbocycles. The van der Waals surface area contributed by atoms with Crippen LogP contribution >= 0.6 is 0 Å². The third-order valence-corrected chi connectivity index (χ3v) is 2.78. The Morgan fingerprint density at radius 2 is 1.89 bits per heavy atom. The molecule has 0 atom stereocenters. The number of nitrogens with one attached hydrogen (secondary N) is 1. The number of benzene rings is 1. The fourth-order valence-electron chi connectivity index (χ4n) is 1.71. The van der Waals surface area contributed by atoms with E-state index in [-0.39, 0.29) is 6.54 Å². The molecule has 1 heterocycles. The largest absolute Gasteiger partial charge is 0.328 e. The van der Waals surface area contributed by atoms with Gasteiger partial charge in [-0.3, -0.25) is 14.3 Å². The molecular formula is C13H15N3O2. The zero-order valence-electron chi connectivity index (χ0n) is 10.1. The van der Waals surface area contributed by atoms with Crippen molar-refractivity contribution in [1.29, 1.82) is 0 Å². The van der Waals surface area contributed by atoms with E-state index in [0.717, 1.165) is 11.1 Å². The van der Waals surface area contributed by atoms with Gasteiger partial charge in [-0.25, -0.2) is 4.79 Å². The maximum atomic E-state index is 11.6. The standard InChI is InChI=1S/C13H15N3O2/c1-9-2-4-10(5-3-9)7-16-8-11(6-14)12(17)15-13(16)18/h2-5,8H,6-7,14H2,1H3,(H,15,17,18). The van der Waals surface area contributed by atoms with Gasteiger partial charge in [-0.05, 0) is 12.5 Å². The van der Waals surface area contributed by atoms with Crippen LogP contribution in [0.5, 0.6) is 0 Å². The van der Waals surface area contributed by atoms with E-state index < -0.39 is 11.2 Å². The summed E-state index contributed by atoms with van der Waals surface area (Å²) in [5.74, 6) is 0. The van der Waals surface area contributed by atoms with Crippen molar-refractivity contribution in [2.45, 2.75) is 20.0 Å². The molecule has 5 nitrogen and oxygen atoms in total. The Labute approximate surface area is 104 Å². The third kappa shape index (κ3) is 2.57. The second kappa shape index (κ2) is 5.01. The third-order valence-electron chi connectivity index (χ3n) is 2.78. The van der Waals surface area contributed by atoms with E-state index >= 15 is 0 Å². The number of aromatic amines is 1. The molecule has 2 aromatic rings. The van der Waals surface area contributed by atoms with Crippen molar-refractivity contribution < 1.29 is 0 Å². The van der Waals surface area contributed by atoms with E-state index in [4.69, 9.17) is 5.73 Å². The van der Waals surface area contributed by atoms with Crippen LogP contribution in [0, 0.1) is 6.92 Å². The molecule has 0 radical (unpaired) electrons. The van der Waals surface area contributed by atoms with E-state index in [1.807, 2.05) is 31.2 Å². The van der Waals surface area contributed by atoms with Gasteiger partial charge < -0.3 is 5.73 Å². The highest BCUT2D eigenvalue weighted by atomic mass is 16.2. The SMILES string of the molecule is Cc1ccc(Cn2cc(CN)c(=O)[nH]c2=O)cc1. The van der Waals surface area contributed by atoms with Gasteiger partial charge >= 0.3 is 5.69 Å². The normalized spacial score (nSPS) is 10.6. The Kier molecular flexibility index (Phi) is 3.43. The highest BCUT2D eigenvalue weighted by Crippen LogP contribution is 2.04. The topological polar surface area (TPSA) is 80.9 Å². The number of aryl methyl sites for hydroxylation is 1. The van der Waals surface area contributed by atoms with Crippen molar-refractivity contribution >= 4 is 0 Å². The van der Waals surface area contributed by atoms with Gasteiger partial charge in [0.2, 0.25) is 0 Å². The molecule has 0 aliphatic rings. The predicted octanol–water partition coefficient (Wildman–Crippen LogP) is 0.352. The molecule has 0 spiro atoms. The molecule has 0 aliphatic heterocycles. The second-order valence-electron chi connectivity index (χ2n) is 4.23. The van der Waals surface area contributed by atoms with Crippen molar-refractivity contribution in [1.82, 2.24) is 9.55 Å². The van der Waals surface area contributed by atoms with Gasteiger partial charge in [0.15, 0.2) is 0 Å². The molecule has 0 fully saturated rings. The quantitative estimate of drug-likeness (QED) is 0.818. The first-order chi connectivity index (χ1) is 8.60. The Morgan fingerprint density at radius 3 is 2.50 bits per heavy atom. The van der Waals surface area contributed by atoms with E-state index in [0.29, 0.717) is 12.1 Å². The summed E-state index contributed by atoms with van der Waals surface area (Å²) in [4.78, 5) is 25.3. The summed E-state index contributed by atoms with van der Waals surface area (Å²) >= 11 is 0. The lowest BCUT2D eigenvalue weighted by Gasteiger charge is -2.07. The van der Waals surface area contributed by atoms with Gasteiger partial charge in [-0.2, -0.15) is 0 Å². The number of aromatic nitrogens is 2. The van der Waals surface area contributed by atoms with Crippen LogP contribution in [0.25, 0.3) is 0 Å². The van der Waals surface area contributed by atoms with Gasteiger partial charge in [0.25, 0.3) is 5.56 Å². The molecule has 3 N–H and O–H groups in total. The molecule has 5 heteroatoms. The molecule has 1 aromatic heterocycles. The van der Waals surface area contributed by atoms with Crippen molar-refractivity contribution in [2.24, 2.45) is 5.73 Å². The Balaban J connectivity index is 2.37. The van der Waals surface area contributed by atoms with Crippen LogP contribution in [-0.4, -0.2) is 9.55 Å². The lowest BCUT2D eigenvalue weighted by molar-refractivity contribution is 0.706. The van der Waals surface area contributed by atoms with E-state index in [2.05, 4.69) is 4.98 Å². The van der Waals surface area contributed by atoms with Crippen LogP contribution in [0.4, 0.5) is 0 Å². The summed E-state index contributed by atoms with van der Waals surface area (Å²) < 4.78 is 1.45. The Hall–Kier alpha value is -2.14. The van der Waals surface area contributed by atoms with Crippen LogP contribution < -0.4 is 17.0 Å². The summed E-state index contributed by atoms with van der Waals surface area (Å²) in [6.45, 7) is 2.54. The molecular weight excluding hydrogens is 230 g/mol. The Morgan fingerprint density at radius 1 is 1.22 bits per heavy atom. The molecule has 0 amide bonds. The van der Waals surface area contributed by atoms with Crippen LogP contribution in [0.2, 0.25) is 0 Å². The lowest BCUT2D eigenvalue weighted by Crippen LogP contribution is -2.32. The number of nitrogens with two attached hydrogens (primary N) is 1. The van der Waals surface area contributed by atoms with Crippen molar-refractivity contribution in [3.05, 3.63) is 68.0 Å². The number of hydrogen-bond donors (Lipinski definition) is 2. The van der Waals surface area contributed by atoms with Crippen LogP contribution in [0.3, 0.4) is 0 Å². The summed E-state index contributed by atoms with van der Waals surface area (Å²) in [6, 6.07) is 7.87. The van der Waals surface area contributed by atoms with Gasteiger partial charge in [0.05, 0.1) is 6.54 Å². The first kappa shape index (κ1) is 12.3. The summed E-state index contributed by atoms with van der Waals surface area (Å²) in [5.41, 5.74) is 7.18. The van der Waals surface area contributed by atoms with E-state index in [1.165, 1.54) is 10.8 Å². The average molecular weight is 245 g/mol. The summed E-state index contributed by atoms with van der Waals surface area (Å²) in [6.07, 6.45) is 1.51. The fraction of sp³-hybridized carbons (Fsp3) is 0.231. The monoisotopic (exact) mass is 245 g/mol. The van der Waals surface area contributed by atoms with Crippen LogP contribution in [0.15, 0.2) is 40.1 Å². The minimum Gasteiger partial charge on any atom is -0.326 e. The average Bonchev–Trinajstić information content (AvgIpc) is 2.35. The minimum atomic E-state index is -0.419. The number of H-pyrrole nitrogens is 1. The summed E-state index contributed by atoms with van der Waals surface area (Å²) in [5, 5.41) is 0. The molecule has 2 rings (SSSR count). The predicted molar refractivity (Wildman–Crippen MR) is 69.5 cm³/mol. The Bertz CT molecular complexity index is 653. The van der Waals surface area contributed by atoms with Gasteiger partial charge in [-0.1, -0.05) is 29.8 Å². The number of rotatable bonds is 3. The van der Waals surface area contributed by atoms with Gasteiger partial charge in [0.1, 0.15) is 0 Å². The zero-order valence-corrected chi connectivity index (χ0v) is 10.1. The zero-order chi connectivity index (χ0) is 13.1. The van der Waals surface area contributed by atoms with E-state index in [9.17, 15) is 9.59 Å². The molecule has 0 bridgehead atoms. The first-order valence-corrected chi connectivity index (χ1v) is 5.68. The molecule has 0 unspecified atom stereocenters. The molecule has 0 saturated heterocycles. The van der Waals surface area contributed by atoms with Crippen LogP contribution in [-0.2, 0) is 13.1 Å². The van der Waals surface area contributed by atoms with Crippen molar-refractivity contribution in [3.8, 4) is 0 Å². The maximum absolute atomic E-state index is 11.6. The minimum absolute atomic E-state index is 0.115. The number of nitrogens with zero attached hydrogens (tertiary/aromatic N) is 1. The van der Waals surface area contributed by atoms with Gasteiger partial charge in [-0.15, -0.1) is 0 Å². The molecule has 94 valence electrons. The van der Waals surface area contributed by atoms with Crippen LogP contribution in [0.1, 0.15) is 16.7 Å². The lowest BCUT2D eigenvalue weighted by atomic mass is 10.1.